The summed E-state index contributed by atoms with van der Waals surface area (Å²) in [6, 6.07) is 4.31. The van der Waals surface area contributed by atoms with Gasteiger partial charge in [0.1, 0.15) is 12.1 Å². The van der Waals surface area contributed by atoms with E-state index < -0.39 is 0 Å². The third kappa shape index (κ3) is 4.18. The molecule has 1 aromatic carbocycles. The lowest BCUT2D eigenvalue weighted by Gasteiger charge is -2.38. The number of hydrogen-bond donors (Lipinski definition) is 2. The van der Waals surface area contributed by atoms with E-state index in [0.29, 0.717) is 31.5 Å². The van der Waals surface area contributed by atoms with E-state index in [4.69, 9.17) is 9.97 Å². The molecule has 1 saturated heterocycles. The lowest BCUT2D eigenvalue weighted by Crippen LogP contribution is -2.49. The largest absolute Gasteiger partial charge is 0.353 e. The van der Waals surface area contributed by atoms with Crippen LogP contribution in [-0.4, -0.2) is 70.7 Å². The van der Waals surface area contributed by atoms with Gasteiger partial charge in [-0.2, -0.15) is 5.10 Å². The number of aromatic amines is 1. The summed E-state index contributed by atoms with van der Waals surface area (Å²) in [4.78, 5) is 26.1. The molecule has 1 amide bonds. The summed E-state index contributed by atoms with van der Waals surface area (Å²) >= 11 is 0. The topological polar surface area (TPSA) is 90.0 Å². The number of carbonyl (C=O) groups excluding carboxylic acids is 1. The van der Waals surface area contributed by atoms with E-state index in [0.717, 1.165) is 43.0 Å². The number of hydrogen-bond acceptors (Lipinski definition) is 6. The Bertz CT molecular complexity index is 1210. The van der Waals surface area contributed by atoms with Crippen molar-refractivity contribution in [1.29, 1.82) is 0 Å². The molecule has 2 aromatic heterocycles. The summed E-state index contributed by atoms with van der Waals surface area (Å²) in [6.45, 7) is 8.25. The number of likely N-dealkylation sites (N-methyl/N-ethyl adjacent to an activating group) is 1. The highest BCUT2D eigenvalue weighted by Gasteiger charge is 2.33. The first-order valence-electron chi connectivity index (χ1n) is 12.2. The van der Waals surface area contributed by atoms with Gasteiger partial charge < -0.3 is 15.1 Å². The van der Waals surface area contributed by atoms with E-state index >= 15 is 0 Å². The number of aryl methyl sites for hydroxylation is 1. The van der Waals surface area contributed by atoms with Gasteiger partial charge in [-0.05, 0) is 55.8 Å². The zero-order valence-corrected chi connectivity index (χ0v) is 20.2. The zero-order valence-electron chi connectivity index (χ0n) is 20.2. The van der Waals surface area contributed by atoms with E-state index in [1.165, 1.54) is 22.1 Å². The van der Waals surface area contributed by atoms with Crippen molar-refractivity contribution in [2.75, 3.05) is 44.7 Å². The molecule has 0 bridgehead atoms. The van der Waals surface area contributed by atoms with Gasteiger partial charge in [-0.3, -0.25) is 9.89 Å². The molecule has 3 aromatic rings. The van der Waals surface area contributed by atoms with Crippen LogP contribution in [0.25, 0.3) is 10.9 Å². The molecular formula is C26H33N7O. The van der Waals surface area contributed by atoms with E-state index in [-0.39, 0.29) is 5.91 Å². The minimum atomic E-state index is 0.0832. The lowest BCUT2D eigenvalue weighted by atomic mass is 9.73. The van der Waals surface area contributed by atoms with Gasteiger partial charge in [0.25, 0.3) is 0 Å². The maximum atomic E-state index is 12.4. The van der Waals surface area contributed by atoms with Crippen molar-refractivity contribution in [3.63, 3.8) is 0 Å². The Kier molecular flexibility index (Phi) is 6.32. The molecule has 0 spiro atoms. The maximum absolute atomic E-state index is 12.4. The van der Waals surface area contributed by atoms with Crippen molar-refractivity contribution in [2.24, 2.45) is 5.92 Å². The molecule has 8 heteroatoms. The highest BCUT2D eigenvalue weighted by molar-refractivity contribution is 5.87. The summed E-state index contributed by atoms with van der Waals surface area (Å²) in [5, 5.41) is 11.7. The van der Waals surface area contributed by atoms with Gasteiger partial charge in [-0.15, -0.1) is 0 Å². The second-order valence-corrected chi connectivity index (χ2v) is 9.51. The molecular weight excluding hydrogens is 426 g/mol. The molecule has 178 valence electrons. The number of aromatic nitrogens is 4. The SMILES string of the molecule is CNC/C=C/C(=O)N1CCN(c2ncnc3c2C[C@H](C)[C@@H](c2c(C)ccc4[nH]ncc24)C3)CC1. The highest BCUT2D eigenvalue weighted by Crippen LogP contribution is 2.42. The average molecular weight is 460 g/mol. The van der Waals surface area contributed by atoms with Crippen molar-refractivity contribution < 1.29 is 4.79 Å². The van der Waals surface area contributed by atoms with Crippen molar-refractivity contribution in [3.05, 3.63) is 59.2 Å². The standard InChI is InChI=1S/C26H33N7O/c1-17-6-7-22-21(15-30-31-22)25(17)19-14-23-20(13-18(19)2)26(29-16-28-23)33-11-9-32(10-12-33)24(34)5-4-8-27-3/h4-7,15-16,18-19,27H,8-14H2,1-3H3,(H,30,31)/b5-4+/t18-,19-/m0/s1. The smallest absolute Gasteiger partial charge is 0.246 e. The number of rotatable bonds is 5. The molecule has 3 heterocycles. The van der Waals surface area contributed by atoms with Crippen molar-refractivity contribution in [2.45, 2.75) is 32.6 Å². The van der Waals surface area contributed by atoms with Gasteiger partial charge in [0, 0.05) is 55.4 Å². The molecule has 8 nitrogen and oxygen atoms in total. The monoisotopic (exact) mass is 459 g/mol. The van der Waals surface area contributed by atoms with Crippen LogP contribution in [0.1, 0.15) is 35.2 Å². The number of fused-ring (bicyclic) bond motifs is 2. The molecule has 0 saturated carbocycles. The summed E-state index contributed by atoms with van der Waals surface area (Å²) in [6.07, 6.45) is 9.08. The molecule has 2 atom stereocenters. The molecule has 1 aliphatic carbocycles. The van der Waals surface area contributed by atoms with Crippen LogP contribution in [0, 0.1) is 12.8 Å². The van der Waals surface area contributed by atoms with Crippen LogP contribution in [0.2, 0.25) is 0 Å². The molecule has 0 radical (unpaired) electrons. The number of nitrogens with zero attached hydrogens (tertiary/aromatic N) is 5. The van der Waals surface area contributed by atoms with Gasteiger partial charge in [-0.25, -0.2) is 9.97 Å². The maximum Gasteiger partial charge on any atom is 0.246 e. The third-order valence-corrected chi connectivity index (χ3v) is 7.37. The number of piperazine rings is 1. The second-order valence-electron chi connectivity index (χ2n) is 9.51. The third-order valence-electron chi connectivity index (χ3n) is 7.37. The van der Waals surface area contributed by atoms with Gasteiger partial charge >= 0.3 is 0 Å². The van der Waals surface area contributed by atoms with Crippen molar-refractivity contribution >= 4 is 22.6 Å². The van der Waals surface area contributed by atoms with Crippen LogP contribution < -0.4 is 10.2 Å². The zero-order chi connectivity index (χ0) is 23.7. The molecule has 0 unspecified atom stereocenters. The first kappa shape index (κ1) is 22.5. The fraction of sp³-hybridized carbons (Fsp3) is 0.462. The number of benzene rings is 1. The Morgan fingerprint density at radius 3 is 2.82 bits per heavy atom. The van der Waals surface area contributed by atoms with Gasteiger partial charge in [0.05, 0.1) is 11.7 Å². The predicted molar refractivity (Wildman–Crippen MR) is 134 cm³/mol. The Balaban J connectivity index is 1.35. The van der Waals surface area contributed by atoms with Crippen molar-refractivity contribution in [1.82, 2.24) is 30.4 Å². The van der Waals surface area contributed by atoms with E-state index in [2.05, 4.69) is 46.4 Å². The van der Waals surface area contributed by atoms with Gasteiger partial charge in [0.2, 0.25) is 5.91 Å². The highest BCUT2D eigenvalue weighted by atomic mass is 16.2. The van der Waals surface area contributed by atoms with Gasteiger partial charge in [0.15, 0.2) is 0 Å². The van der Waals surface area contributed by atoms with E-state index in [1.54, 1.807) is 12.4 Å². The normalized spacial score (nSPS) is 20.8. The molecule has 34 heavy (non-hydrogen) atoms. The van der Waals surface area contributed by atoms with E-state index in [9.17, 15) is 4.79 Å². The Hall–Kier alpha value is -3.26. The minimum Gasteiger partial charge on any atom is -0.353 e. The van der Waals surface area contributed by atoms with Crippen LogP contribution in [0.5, 0.6) is 0 Å². The predicted octanol–water partition coefficient (Wildman–Crippen LogP) is 2.60. The van der Waals surface area contributed by atoms with E-state index in [1.807, 2.05) is 24.2 Å². The van der Waals surface area contributed by atoms with Crippen LogP contribution in [0.3, 0.4) is 0 Å². The van der Waals surface area contributed by atoms with Gasteiger partial charge in [-0.1, -0.05) is 19.1 Å². The first-order chi connectivity index (χ1) is 16.6. The Labute approximate surface area is 200 Å². The number of amides is 1. The Morgan fingerprint density at radius 1 is 1.21 bits per heavy atom. The van der Waals surface area contributed by atoms with Crippen molar-refractivity contribution in [3.8, 4) is 0 Å². The lowest BCUT2D eigenvalue weighted by molar-refractivity contribution is -0.126. The first-order valence-corrected chi connectivity index (χ1v) is 12.2. The molecule has 1 aliphatic heterocycles. The number of carbonyl (C=O) groups is 1. The number of nitrogens with one attached hydrogen (secondary N) is 2. The fourth-order valence-corrected chi connectivity index (χ4v) is 5.52. The van der Waals surface area contributed by atoms with Crippen LogP contribution in [0.4, 0.5) is 5.82 Å². The molecule has 2 aliphatic rings. The van der Waals surface area contributed by atoms with Crippen LogP contribution >= 0.6 is 0 Å². The second kappa shape index (κ2) is 9.54. The number of anilines is 1. The molecule has 1 fully saturated rings. The quantitative estimate of drug-likeness (QED) is 0.570. The summed E-state index contributed by atoms with van der Waals surface area (Å²) in [7, 11) is 1.87. The summed E-state index contributed by atoms with van der Waals surface area (Å²) < 4.78 is 0. The fourth-order valence-electron chi connectivity index (χ4n) is 5.52. The minimum absolute atomic E-state index is 0.0832. The summed E-state index contributed by atoms with van der Waals surface area (Å²) in [5.74, 6) is 2.00. The van der Waals surface area contributed by atoms with Crippen LogP contribution in [0.15, 0.2) is 36.8 Å². The van der Waals surface area contributed by atoms with Crippen LogP contribution in [-0.2, 0) is 17.6 Å². The summed E-state index contributed by atoms with van der Waals surface area (Å²) in [5.41, 5.74) is 6.23. The molecule has 5 rings (SSSR count). The molecule has 2 N–H and O–H groups in total. The Morgan fingerprint density at radius 2 is 2.03 bits per heavy atom. The average Bonchev–Trinajstić information content (AvgIpc) is 3.33. The number of H-pyrrole nitrogens is 1.